The molecule has 192 valence electrons. The Morgan fingerprint density at radius 1 is 1.00 bits per heavy atom. The van der Waals surface area contributed by atoms with E-state index in [1.807, 2.05) is 0 Å². The largest absolute Gasteiger partial charge is 0.480 e. The van der Waals surface area contributed by atoms with Gasteiger partial charge < -0.3 is 51.7 Å². The van der Waals surface area contributed by atoms with Crippen LogP contribution >= 0.6 is 11.8 Å². The standard InChI is InChI=1S/C19H35N3O10S/c1-7(2)4-9(18(30)31)21-16(28)10(22-17(29)12(20)8(3)24)6-33-19-15(27)14(26)13(25)11(5-23)32-19/h7-15,19,23-27H,4-6,20H2,1-3H3,(H,21,28)(H,22,29)(H,30,31)/t8-,9-,10-,11+,12-,13+,14-,15+,19-/m0/s1. The number of aliphatic hydroxyl groups excluding tert-OH is 5. The third kappa shape index (κ3) is 8.64. The van der Waals surface area contributed by atoms with Gasteiger partial charge in [-0.05, 0) is 19.3 Å². The first-order valence-electron chi connectivity index (χ1n) is 10.5. The molecule has 1 heterocycles. The van der Waals surface area contributed by atoms with Crippen molar-refractivity contribution in [3.63, 3.8) is 0 Å². The van der Waals surface area contributed by atoms with Crippen molar-refractivity contribution < 1.29 is 49.8 Å². The van der Waals surface area contributed by atoms with Gasteiger partial charge in [-0.25, -0.2) is 4.79 Å². The summed E-state index contributed by atoms with van der Waals surface area (Å²) in [5, 5.41) is 62.9. The molecule has 0 radical (unpaired) electrons. The summed E-state index contributed by atoms with van der Waals surface area (Å²) in [4.78, 5) is 36.6. The van der Waals surface area contributed by atoms with E-state index < -0.39 is 78.5 Å². The number of rotatable bonds is 12. The van der Waals surface area contributed by atoms with E-state index in [9.17, 15) is 45.0 Å². The maximum atomic E-state index is 12.8. The van der Waals surface area contributed by atoms with Crippen molar-refractivity contribution in [3.8, 4) is 0 Å². The quantitative estimate of drug-likeness (QED) is 0.127. The predicted octanol–water partition coefficient (Wildman–Crippen LogP) is -3.67. The lowest BCUT2D eigenvalue weighted by atomic mass is 10.0. The van der Waals surface area contributed by atoms with Gasteiger partial charge in [0, 0.05) is 5.75 Å². The Balaban J connectivity index is 2.98. The highest BCUT2D eigenvalue weighted by molar-refractivity contribution is 7.99. The third-order valence-corrected chi connectivity index (χ3v) is 6.30. The van der Waals surface area contributed by atoms with Crippen LogP contribution in [-0.2, 0) is 19.1 Å². The van der Waals surface area contributed by atoms with Crippen LogP contribution in [0.1, 0.15) is 27.2 Å². The fraction of sp³-hybridized carbons (Fsp3) is 0.842. The van der Waals surface area contributed by atoms with Gasteiger partial charge in [0.1, 0.15) is 48.0 Å². The summed E-state index contributed by atoms with van der Waals surface area (Å²) in [6.45, 7) is 4.20. The lowest BCUT2D eigenvalue weighted by molar-refractivity contribution is -0.205. The molecule has 0 saturated carbocycles. The fourth-order valence-electron chi connectivity index (χ4n) is 3.03. The van der Waals surface area contributed by atoms with E-state index in [1.165, 1.54) is 6.92 Å². The molecule has 2 amide bonds. The molecule has 0 aromatic carbocycles. The lowest BCUT2D eigenvalue weighted by Crippen LogP contribution is -2.59. The van der Waals surface area contributed by atoms with Crippen LogP contribution in [0.25, 0.3) is 0 Å². The van der Waals surface area contributed by atoms with Gasteiger partial charge in [0.25, 0.3) is 0 Å². The monoisotopic (exact) mass is 497 g/mol. The first-order chi connectivity index (χ1) is 15.3. The molecular formula is C19H35N3O10S. The van der Waals surface area contributed by atoms with Crippen LogP contribution in [0.4, 0.5) is 0 Å². The van der Waals surface area contributed by atoms with E-state index in [2.05, 4.69) is 10.6 Å². The number of nitrogens with two attached hydrogens (primary N) is 1. The van der Waals surface area contributed by atoms with Crippen LogP contribution in [0.15, 0.2) is 0 Å². The number of aliphatic carboxylic acids is 1. The van der Waals surface area contributed by atoms with Gasteiger partial charge in [-0.15, -0.1) is 11.8 Å². The molecule has 0 aromatic rings. The zero-order valence-corrected chi connectivity index (χ0v) is 19.5. The average molecular weight is 498 g/mol. The van der Waals surface area contributed by atoms with E-state index in [-0.39, 0.29) is 18.1 Å². The molecule has 10 N–H and O–H groups in total. The highest BCUT2D eigenvalue weighted by Gasteiger charge is 2.44. The zero-order valence-electron chi connectivity index (χ0n) is 18.7. The highest BCUT2D eigenvalue weighted by Crippen LogP contribution is 2.29. The number of aliphatic hydroxyl groups is 5. The Kier molecular flexibility index (Phi) is 12.0. The molecule has 1 fully saturated rings. The molecule has 0 aromatic heterocycles. The number of amides is 2. The second-order valence-electron chi connectivity index (χ2n) is 8.39. The summed E-state index contributed by atoms with van der Waals surface area (Å²) in [6.07, 6.45) is -7.00. The summed E-state index contributed by atoms with van der Waals surface area (Å²) in [5.41, 5.74) is 4.43. The SMILES string of the molecule is CC(C)C[C@H](NC(=O)[C@H](CS[C@@H]1O[C@H](CO)[C@@H](O)[C@H](O)[C@H]1O)NC(=O)[C@@H](N)[C@H](C)O)C(=O)O. The summed E-state index contributed by atoms with van der Waals surface area (Å²) >= 11 is 0.798. The van der Waals surface area contributed by atoms with Crippen LogP contribution in [0.5, 0.6) is 0 Å². The minimum Gasteiger partial charge on any atom is -0.480 e. The Bertz CT molecular complexity index is 666. The van der Waals surface area contributed by atoms with Crippen LogP contribution in [-0.4, -0.2) is 115 Å². The predicted molar refractivity (Wildman–Crippen MR) is 117 cm³/mol. The second-order valence-corrected chi connectivity index (χ2v) is 9.52. The van der Waals surface area contributed by atoms with Crippen LogP contribution < -0.4 is 16.4 Å². The molecule has 0 unspecified atom stereocenters. The first-order valence-corrected chi connectivity index (χ1v) is 11.5. The van der Waals surface area contributed by atoms with E-state index in [1.54, 1.807) is 13.8 Å². The molecule has 33 heavy (non-hydrogen) atoms. The molecule has 1 rings (SSSR count). The Hall–Kier alpha value is -1.52. The van der Waals surface area contributed by atoms with Crippen LogP contribution in [0, 0.1) is 5.92 Å². The van der Waals surface area contributed by atoms with E-state index >= 15 is 0 Å². The first kappa shape index (κ1) is 29.5. The maximum absolute atomic E-state index is 12.8. The summed E-state index contributed by atoms with van der Waals surface area (Å²) in [6, 6.07) is -3.92. The lowest BCUT2D eigenvalue weighted by Gasteiger charge is -2.40. The second kappa shape index (κ2) is 13.4. The number of thioether (sulfide) groups is 1. The third-order valence-electron chi connectivity index (χ3n) is 5.05. The molecule has 9 atom stereocenters. The summed E-state index contributed by atoms with van der Waals surface area (Å²) < 4.78 is 5.37. The molecule has 13 nitrogen and oxygen atoms in total. The van der Waals surface area contributed by atoms with Crippen LogP contribution in [0.2, 0.25) is 0 Å². The van der Waals surface area contributed by atoms with Crippen molar-refractivity contribution >= 4 is 29.5 Å². The number of hydrogen-bond acceptors (Lipinski definition) is 11. The number of carbonyl (C=O) groups excluding carboxylic acids is 2. The van der Waals surface area contributed by atoms with Crippen molar-refractivity contribution in [1.29, 1.82) is 0 Å². The van der Waals surface area contributed by atoms with Gasteiger partial charge in [-0.3, -0.25) is 9.59 Å². The zero-order chi connectivity index (χ0) is 25.5. The van der Waals surface area contributed by atoms with E-state index in [0.29, 0.717) is 0 Å². The number of carbonyl (C=O) groups is 3. The van der Waals surface area contributed by atoms with Crippen molar-refractivity contribution in [2.75, 3.05) is 12.4 Å². The summed E-state index contributed by atoms with van der Waals surface area (Å²) in [7, 11) is 0. The molecule has 0 aliphatic carbocycles. The molecule has 14 heteroatoms. The Morgan fingerprint density at radius 2 is 1.58 bits per heavy atom. The fourth-order valence-corrected chi connectivity index (χ4v) is 4.23. The van der Waals surface area contributed by atoms with Gasteiger partial charge in [-0.2, -0.15) is 0 Å². The van der Waals surface area contributed by atoms with Crippen molar-refractivity contribution in [3.05, 3.63) is 0 Å². The Morgan fingerprint density at radius 3 is 2.06 bits per heavy atom. The van der Waals surface area contributed by atoms with Gasteiger partial charge in [0.2, 0.25) is 11.8 Å². The molecule has 1 aliphatic rings. The number of carboxylic acid groups (broad SMARTS) is 1. The minimum absolute atomic E-state index is 0.0495. The van der Waals surface area contributed by atoms with Crippen molar-refractivity contribution in [2.45, 2.75) is 81.3 Å². The number of hydrogen-bond donors (Lipinski definition) is 9. The van der Waals surface area contributed by atoms with E-state index in [4.69, 9.17) is 10.5 Å². The molecule has 1 aliphatic heterocycles. The summed E-state index contributed by atoms with van der Waals surface area (Å²) in [5.74, 6) is -3.27. The van der Waals surface area contributed by atoms with Gasteiger partial charge >= 0.3 is 5.97 Å². The Labute approximate surface area is 195 Å². The van der Waals surface area contributed by atoms with Gasteiger partial charge in [-0.1, -0.05) is 13.8 Å². The molecule has 0 spiro atoms. The average Bonchev–Trinajstić information content (AvgIpc) is 2.74. The van der Waals surface area contributed by atoms with Gasteiger partial charge in [0.15, 0.2) is 0 Å². The number of nitrogens with one attached hydrogen (secondary N) is 2. The van der Waals surface area contributed by atoms with Gasteiger partial charge in [0.05, 0.1) is 12.7 Å². The van der Waals surface area contributed by atoms with Crippen LogP contribution in [0.3, 0.4) is 0 Å². The smallest absolute Gasteiger partial charge is 0.326 e. The maximum Gasteiger partial charge on any atom is 0.326 e. The topological polar surface area (TPSA) is 232 Å². The normalized spacial score (nSPS) is 29.1. The van der Waals surface area contributed by atoms with Crippen molar-refractivity contribution in [1.82, 2.24) is 10.6 Å². The molecular weight excluding hydrogens is 462 g/mol. The molecule has 1 saturated heterocycles. The highest BCUT2D eigenvalue weighted by atomic mass is 32.2. The van der Waals surface area contributed by atoms with Crippen molar-refractivity contribution in [2.24, 2.45) is 11.7 Å². The minimum atomic E-state index is -1.62. The molecule has 0 bridgehead atoms. The number of carboxylic acids is 1. The number of ether oxygens (including phenoxy) is 1. The van der Waals surface area contributed by atoms with E-state index in [0.717, 1.165) is 11.8 Å².